The minimum atomic E-state index is -4.12. The Hall–Kier alpha value is -3.40. The second-order valence-electron chi connectivity index (χ2n) is 8.82. The van der Waals surface area contributed by atoms with E-state index in [0.717, 1.165) is 11.1 Å². The van der Waals surface area contributed by atoms with Crippen molar-refractivity contribution in [1.29, 1.82) is 0 Å². The van der Waals surface area contributed by atoms with Crippen molar-refractivity contribution in [3.63, 3.8) is 0 Å². The number of carbonyl (C=O) groups is 2. The highest BCUT2D eigenvalue weighted by Crippen LogP contribution is 2.53. The quantitative estimate of drug-likeness (QED) is 0.437. The molecule has 8 nitrogen and oxygen atoms in total. The zero-order chi connectivity index (χ0) is 26.1. The number of hydrogen-bond donors (Lipinski definition) is 2. The zero-order valence-corrected chi connectivity index (χ0v) is 21.2. The van der Waals surface area contributed by atoms with E-state index < -0.39 is 27.4 Å². The van der Waals surface area contributed by atoms with Gasteiger partial charge in [0.05, 0.1) is 4.90 Å². The minimum absolute atomic E-state index is 0.0363. The summed E-state index contributed by atoms with van der Waals surface area (Å²) in [4.78, 5) is 25.3. The van der Waals surface area contributed by atoms with E-state index >= 15 is 0 Å². The maximum atomic E-state index is 13.1. The van der Waals surface area contributed by atoms with Gasteiger partial charge in [-0.2, -0.15) is 4.72 Å². The van der Waals surface area contributed by atoms with Crippen LogP contribution in [0.3, 0.4) is 0 Å². The van der Waals surface area contributed by atoms with E-state index in [0.29, 0.717) is 16.3 Å². The average Bonchev–Trinajstić information content (AvgIpc) is 3.58. The third kappa shape index (κ3) is 5.38. The molecule has 0 saturated heterocycles. The maximum Gasteiger partial charge on any atom is 0.325 e. The highest BCUT2D eigenvalue weighted by molar-refractivity contribution is 7.89. The Morgan fingerprint density at radius 3 is 2.25 bits per heavy atom. The standard InChI is InChI=1S/C26H25ClN2O6S/c1-29(2)24(30)16-35-21-5-3-4-19(14-21)23-15-26(23,25(31)32)28-36(33,34)22-12-8-18(9-13-22)17-6-10-20(27)11-7-17/h3-14,23,28H,15-16H2,1-2H3,(H,31,32)/t23-,26+/m0/s1. The maximum absolute atomic E-state index is 13.1. The van der Waals surface area contributed by atoms with Gasteiger partial charge >= 0.3 is 5.97 Å². The number of rotatable bonds is 9. The monoisotopic (exact) mass is 528 g/mol. The molecule has 0 aliphatic heterocycles. The van der Waals surface area contributed by atoms with Gasteiger partial charge in [-0.1, -0.05) is 48.0 Å². The summed E-state index contributed by atoms with van der Waals surface area (Å²) in [5, 5.41) is 10.5. The van der Waals surface area contributed by atoms with Gasteiger partial charge in [-0.05, 0) is 59.5 Å². The van der Waals surface area contributed by atoms with Gasteiger partial charge < -0.3 is 14.7 Å². The Labute approximate surface area is 214 Å². The van der Waals surface area contributed by atoms with Gasteiger partial charge in [-0.25, -0.2) is 8.42 Å². The van der Waals surface area contributed by atoms with Crippen LogP contribution in [-0.2, 0) is 19.6 Å². The predicted molar refractivity (Wildman–Crippen MR) is 136 cm³/mol. The first-order valence-electron chi connectivity index (χ1n) is 11.1. The minimum Gasteiger partial charge on any atom is -0.484 e. The fourth-order valence-electron chi connectivity index (χ4n) is 3.92. The summed E-state index contributed by atoms with van der Waals surface area (Å²) >= 11 is 5.92. The number of nitrogens with one attached hydrogen (secondary N) is 1. The number of benzene rings is 3. The van der Waals surface area contributed by atoms with Gasteiger partial charge in [0.1, 0.15) is 11.3 Å². The smallest absolute Gasteiger partial charge is 0.325 e. The van der Waals surface area contributed by atoms with Crippen molar-refractivity contribution < 1.29 is 27.9 Å². The van der Waals surface area contributed by atoms with Gasteiger partial charge in [0.25, 0.3) is 5.91 Å². The first kappa shape index (κ1) is 25.7. The number of nitrogens with zero attached hydrogens (tertiary/aromatic N) is 1. The fourth-order valence-corrected chi connectivity index (χ4v) is 5.45. The van der Waals surface area contributed by atoms with Crippen LogP contribution >= 0.6 is 11.6 Å². The zero-order valence-electron chi connectivity index (χ0n) is 19.6. The number of hydrogen-bond acceptors (Lipinski definition) is 5. The molecular weight excluding hydrogens is 504 g/mol. The molecule has 0 spiro atoms. The van der Waals surface area contributed by atoms with Crippen LogP contribution < -0.4 is 9.46 Å². The number of amides is 1. The van der Waals surface area contributed by atoms with E-state index in [1.165, 1.54) is 17.0 Å². The van der Waals surface area contributed by atoms with Crippen molar-refractivity contribution in [3.05, 3.63) is 83.4 Å². The second-order valence-corrected chi connectivity index (χ2v) is 10.9. The molecule has 2 N–H and O–H groups in total. The summed E-state index contributed by atoms with van der Waals surface area (Å²) in [6, 6.07) is 20.0. The van der Waals surface area contributed by atoms with Crippen LogP contribution in [0.2, 0.25) is 5.02 Å². The van der Waals surface area contributed by atoms with E-state index in [1.54, 1.807) is 62.6 Å². The molecule has 10 heteroatoms. The highest BCUT2D eigenvalue weighted by atomic mass is 35.5. The molecule has 1 aliphatic rings. The van der Waals surface area contributed by atoms with Gasteiger partial charge in [-0.3, -0.25) is 9.59 Å². The number of ether oxygens (including phenoxy) is 1. The third-order valence-corrected chi connectivity index (χ3v) is 7.90. The topological polar surface area (TPSA) is 113 Å². The number of aliphatic carboxylic acids is 1. The van der Waals surface area contributed by atoms with Crippen molar-refractivity contribution in [1.82, 2.24) is 9.62 Å². The molecule has 0 bridgehead atoms. The van der Waals surface area contributed by atoms with Crippen LogP contribution in [-0.4, -0.2) is 56.5 Å². The Morgan fingerprint density at radius 2 is 1.67 bits per heavy atom. The van der Waals surface area contributed by atoms with Gasteiger partial charge in [0, 0.05) is 25.0 Å². The first-order chi connectivity index (χ1) is 17.0. The second kappa shape index (κ2) is 9.93. The van der Waals surface area contributed by atoms with Crippen LogP contribution in [0.25, 0.3) is 11.1 Å². The molecule has 36 heavy (non-hydrogen) atoms. The SMILES string of the molecule is CN(C)C(=O)COc1cccc([C@@H]2C[C@]2(NS(=O)(=O)c2ccc(-c3ccc(Cl)cc3)cc2)C(=O)O)c1. The van der Waals surface area contributed by atoms with Crippen LogP contribution in [0, 0.1) is 0 Å². The number of sulfonamides is 1. The molecule has 0 radical (unpaired) electrons. The van der Waals surface area contributed by atoms with E-state index in [-0.39, 0.29) is 23.8 Å². The molecular formula is C26H25ClN2O6S. The molecule has 1 fully saturated rings. The average molecular weight is 529 g/mol. The van der Waals surface area contributed by atoms with E-state index in [1.807, 2.05) is 12.1 Å². The van der Waals surface area contributed by atoms with Crippen molar-refractivity contribution in [2.24, 2.45) is 0 Å². The molecule has 1 aliphatic carbocycles. The summed E-state index contributed by atoms with van der Waals surface area (Å²) in [5.41, 5.74) is 0.599. The summed E-state index contributed by atoms with van der Waals surface area (Å²) in [7, 11) is -0.890. The normalized spacial score (nSPS) is 18.9. The summed E-state index contributed by atoms with van der Waals surface area (Å²) in [6.07, 6.45) is 0.0878. The number of carbonyl (C=O) groups excluding carboxylic acids is 1. The van der Waals surface area contributed by atoms with Crippen LogP contribution in [0.5, 0.6) is 5.75 Å². The largest absolute Gasteiger partial charge is 0.484 e. The van der Waals surface area contributed by atoms with E-state index in [9.17, 15) is 23.1 Å². The third-order valence-electron chi connectivity index (χ3n) is 6.12. The lowest BCUT2D eigenvalue weighted by Crippen LogP contribution is -2.44. The van der Waals surface area contributed by atoms with Crippen LogP contribution in [0.4, 0.5) is 0 Å². The van der Waals surface area contributed by atoms with Crippen molar-refractivity contribution in [2.45, 2.75) is 22.8 Å². The summed E-state index contributed by atoms with van der Waals surface area (Å²) < 4.78 is 34.2. The van der Waals surface area contributed by atoms with Gasteiger partial charge in [-0.15, -0.1) is 0 Å². The molecule has 3 aromatic carbocycles. The van der Waals surface area contributed by atoms with Crippen molar-refractivity contribution in [2.75, 3.05) is 20.7 Å². The molecule has 188 valence electrons. The molecule has 4 rings (SSSR count). The van der Waals surface area contributed by atoms with Crippen molar-refractivity contribution in [3.8, 4) is 16.9 Å². The fraction of sp³-hybridized carbons (Fsp3) is 0.231. The Bertz CT molecular complexity index is 1390. The van der Waals surface area contributed by atoms with Crippen LogP contribution in [0.15, 0.2) is 77.7 Å². The van der Waals surface area contributed by atoms with Crippen LogP contribution in [0.1, 0.15) is 17.9 Å². The molecule has 2 atom stereocenters. The van der Waals surface area contributed by atoms with E-state index in [4.69, 9.17) is 16.3 Å². The number of carboxylic acid groups (broad SMARTS) is 1. The highest BCUT2D eigenvalue weighted by Gasteiger charge is 2.63. The number of halogens is 1. The Kier molecular flexibility index (Phi) is 7.08. The van der Waals surface area contributed by atoms with Crippen molar-refractivity contribution >= 4 is 33.5 Å². The van der Waals surface area contributed by atoms with Gasteiger partial charge in [0.15, 0.2) is 6.61 Å². The van der Waals surface area contributed by atoms with E-state index in [2.05, 4.69) is 4.72 Å². The number of likely N-dealkylation sites (N-methyl/N-ethyl adjacent to an activating group) is 1. The predicted octanol–water partition coefficient (Wildman–Crippen LogP) is 3.76. The number of carboxylic acids is 1. The molecule has 0 heterocycles. The van der Waals surface area contributed by atoms with Gasteiger partial charge in [0.2, 0.25) is 10.0 Å². The lowest BCUT2D eigenvalue weighted by molar-refractivity contribution is -0.140. The molecule has 0 unspecified atom stereocenters. The Balaban J connectivity index is 1.51. The Morgan fingerprint density at radius 1 is 1.06 bits per heavy atom. The summed E-state index contributed by atoms with van der Waals surface area (Å²) in [6.45, 7) is -0.163. The molecule has 1 saturated carbocycles. The first-order valence-corrected chi connectivity index (χ1v) is 12.9. The summed E-state index contributed by atoms with van der Waals surface area (Å²) in [5.74, 6) is -1.68. The molecule has 0 aromatic heterocycles. The lowest BCUT2D eigenvalue weighted by atomic mass is 10.1. The molecule has 3 aromatic rings. The molecule has 1 amide bonds. The lowest BCUT2D eigenvalue weighted by Gasteiger charge is -2.16.